The van der Waals surface area contributed by atoms with Gasteiger partial charge in [-0.1, -0.05) is 6.07 Å². The van der Waals surface area contributed by atoms with E-state index in [4.69, 9.17) is 4.98 Å². The monoisotopic (exact) mass is 424 g/mol. The molecule has 1 atom stereocenters. The molecule has 8 nitrogen and oxygen atoms in total. The molecule has 4 heterocycles. The first-order valence-corrected chi connectivity index (χ1v) is 10.8. The molecular weight excluding hydrogens is 400 g/mol. The van der Waals surface area contributed by atoms with E-state index in [1.807, 2.05) is 19.9 Å². The van der Waals surface area contributed by atoms with Gasteiger partial charge in [-0.05, 0) is 32.4 Å². The Kier molecular flexibility index (Phi) is 5.89. The van der Waals surface area contributed by atoms with Crippen molar-refractivity contribution in [3.8, 4) is 10.6 Å². The summed E-state index contributed by atoms with van der Waals surface area (Å²) < 4.78 is 1.54. The number of carbonyl (C=O) groups is 1. The van der Waals surface area contributed by atoms with E-state index in [-0.39, 0.29) is 23.9 Å². The van der Waals surface area contributed by atoms with Crippen molar-refractivity contribution in [1.82, 2.24) is 24.8 Å². The number of carbonyl (C=O) groups excluding carboxylic acids is 1. The summed E-state index contributed by atoms with van der Waals surface area (Å²) in [6.45, 7) is 5.81. The summed E-state index contributed by atoms with van der Waals surface area (Å²) in [6, 6.07) is 6.93. The Morgan fingerprint density at radius 2 is 2.13 bits per heavy atom. The fourth-order valence-corrected chi connectivity index (χ4v) is 4.51. The largest absolute Gasteiger partial charge is 0.351 e. The smallest absolute Gasteiger partial charge is 0.250 e. The molecule has 3 aromatic rings. The molecule has 1 amide bonds. The standard InChI is InChI=1S/C21H24N6O2S/c1-14-20(30-15(2)23-14)17-6-9-22-21(25-17)27-11-7-16(13-27)24-18(28)8-12-26-10-4-3-5-19(26)29/h3-6,9-10,16H,7-8,11-13H2,1-2H3,(H,24,28). The quantitative estimate of drug-likeness (QED) is 0.652. The SMILES string of the molecule is Cc1nc(C)c(-c2ccnc(N3CCC(NC(=O)CCn4ccccc4=O)C3)n2)s1. The van der Waals surface area contributed by atoms with Gasteiger partial charge in [0.05, 0.1) is 21.3 Å². The number of aryl methyl sites for hydroxylation is 3. The van der Waals surface area contributed by atoms with Gasteiger partial charge in [0.25, 0.3) is 5.56 Å². The molecule has 30 heavy (non-hydrogen) atoms. The maximum absolute atomic E-state index is 12.3. The van der Waals surface area contributed by atoms with Crippen LogP contribution in [0.5, 0.6) is 0 Å². The number of aromatic nitrogens is 4. The van der Waals surface area contributed by atoms with Gasteiger partial charge >= 0.3 is 0 Å². The molecule has 0 radical (unpaired) electrons. The first-order valence-electron chi connectivity index (χ1n) is 9.97. The van der Waals surface area contributed by atoms with Crippen molar-refractivity contribution < 1.29 is 4.79 Å². The third kappa shape index (κ3) is 4.56. The Labute approximate surface area is 178 Å². The van der Waals surface area contributed by atoms with Gasteiger partial charge in [-0.15, -0.1) is 11.3 Å². The fraction of sp³-hybridized carbons (Fsp3) is 0.381. The number of hydrogen-bond donors (Lipinski definition) is 1. The first-order chi connectivity index (χ1) is 14.5. The van der Waals surface area contributed by atoms with E-state index in [0.717, 1.165) is 34.2 Å². The number of amides is 1. The number of hydrogen-bond acceptors (Lipinski definition) is 7. The maximum Gasteiger partial charge on any atom is 0.250 e. The summed E-state index contributed by atoms with van der Waals surface area (Å²) in [5.74, 6) is 0.619. The average Bonchev–Trinajstić information content (AvgIpc) is 3.33. The zero-order chi connectivity index (χ0) is 21.1. The van der Waals surface area contributed by atoms with E-state index in [0.29, 0.717) is 19.0 Å². The van der Waals surface area contributed by atoms with Crippen LogP contribution in [0, 0.1) is 13.8 Å². The molecule has 9 heteroatoms. The first kappa shape index (κ1) is 20.2. The number of pyridine rings is 1. The van der Waals surface area contributed by atoms with E-state index < -0.39 is 0 Å². The van der Waals surface area contributed by atoms with Gasteiger partial charge in [0.2, 0.25) is 11.9 Å². The molecule has 0 aliphatic carbocycles. The number of rotatable bonds is 6. The Bertz CT molecular complexity index is 1110. The molecule has 1 unspecified atom stereocenters. The molecule has 1 aliphatic heterocycles. The Hall–Kier alpha value is -3.07. The second kappa shape index (κ2) is 8.74. The molecule has 0 saturated carbocycles. The lowest BCUT2D eigenvalue weighted by molar-refractivity contribution is -0.121. The Morgan fingerprint density at radius 3 is 2.90 bits per heavy atom. The minimum Gasteiger partial charge on any atom is -0.351 e. The van der Waals surface area contributed by atoms with Gasteiger partial charge in [-0.3, -0.25) is 9.59 Å². The summed E-state index contributed by atoms with van der Waals surface area (Å²) in [6.07, 6.45) is 4.58. The lowest BCUT2D eigenvalue weighted by atomic mass is 10.2. The van der Waals surface area contributed by atoms with Gasteiger partial charge in [-0.25, -0.2) is 15.0 Å². The molecular formula is C21H24N6O2S. The molecule has 156 valence electrons. The second-order valence-corrected chi connectivity index (χ2v) is 8.57. The molecule has 1 aliphatic rings. The van der Waals surface area contributed by atoms with Gasteiger partial charge in [0.1, 0.15) is 0 Å². The highest BCUT2D eigenvalue weighted by atomic mass is 32.1. The van der Waals surface area contributed by atoms with Crippen LogP contribution in [0.25, 0.3) is 10.6 Å². The lowest BCUT2D eigenvalue weighted by Gasteiger charge is -2.17. The molecule has 0 bridgehead atoms. The summed E-state index contributed by atoms with van der Waals surface area (Å²) in [5.41, 5.74) is 1.76. The highest BCUT2D eigenvalue weighted by Crippen LogP contribution is 2.29. The van der Waals surface area contributed by atoms with E-state index in [2.05, 4.69) is 20.2 Å². The summed E-state index contributed by atoms with van der Waals surface area (Å²) in [4.78, 5) is 40.9. The zero-order valence-electron chi connectivity index (χ0n) is 17.0. The van der Waals surface area contributed by atoms with Crippen LogP contribution in [0.4, 0.5) is 5.95 Å². The van der Waals surface area contributed by atoms with Crippen LogP contribution in [0.2, 0.25) is 0 Å². The van der Waals surface area contributed by atoms with Gasteiger partial charge < -0.3 is 14.8 Å². The molecule has 1 fully saturated rings. The molecule has 0 spiro atoms. The maximum atomic E-state index is 12.3. The van der Waals surface area contributed by atoms with Crippen LogP contribution in [0.15, 0.2) is 41.5 Å². The van der Waals surface area contributed by atoms with Crippen LogP contribution >= 0.6 is 11.3 Å². The topological polar surface area (TPSA) is 93.0 Å². The van der Waals surface area contributed by atoms with Crippen LogP contribution in [0.3, 0.4) is 0 Å². The number of nitrogens with zero attached hydrogens (tertiary/aromatic N) is 5. The highest BCUT2D eigenvalue weighted by Gasteiger charge is 2.26. The molecule has 1 N–H and O–H groups in total. The summed E-state index contributed by atoms with van der Waals surface area (Å²) in [7, 11) is 0. The lowest BCUT2D eigenvalue weighted by Crippen LogP contribution is -2.38. The van der Waals surface area contributed by atoms with Crippen molar-refractivity contribution in [2.24, 2.45) is 0 Å². The van der Waals surface area contributed by atoms with E-state index in [9.17, 15) is 9.59 Å². The van der Waals surface area contributed by atoms with Crippen molar-refractivity contribution in [3.63, 3.8) is 0 Å². The zero-order valence-corrected chi connectivity index (χ0v) is 17.9. The Morgan fingerprint density at radius 1 is 1.27 bits per heavy atom. The summed E-state index contributed by atoms with van der Waals surface area (Å²) in [5, 5.41) is 4.09. The van der Waals surface area contributed by atoms with Crippen LogP contribution in [0.1, 0.15) is 23.5 Å². The predicted molar refractivity (Wildman–Crippen MR) is 117 cm³/mol. The van der Waals surface area contributed by atoms with Crippen LogP contribution in [-0.4, -0.2) is 44.6 Å². The van der Waals surface area contributed by atoms with Crippen molar-refractivity contribution in [2.75, 3.05) is 18.0 Å². The number of anilines is 1. The van der Waals surface area contributed by atoms with Gasteiger partial charge in [-0.2, -0.15) is 0 Å². The molecule has 3 aromatic heterocycles. The van der Waals surface area contributed by atoms with Crippen molar-refractivity contribution >= 4 is 23.2 Å². The minimum atomic E-state index is -0.0965. The van der Waals surface area contributed by atoms with Gasteiger partial charge in [0.15, 0.2) is 0 Å². The predicted octanol–water partition coefficient (Wildman–Crippen LogP) is 2.16. The molecule has 4 rings (SSSR count). The second-order valence-electron chi connectivity index (χ2n) is 7.37. The minimum absolute atomic E-state index is 0.0460. The van der Waals surface area contributed by atoms with E-state index in [1.54, 1.807) is 40.4 Å². The van der Waals surface area contributed by atoms with Crippen LogP contribution in [-0.2, 0) is 11.3 Å². The van der Waals surface area contributed by atoms with Crippen molar-refractivity contribution in [1.29, 1.82) is 0 Å². The third-order valence-corrected chi connectivity index (χ3v) is 6.19. The fourth-order valence-electron chi connectivity index (χ4n) is 3.62. The van der Waals surface area contributed by atoms with Crippen molar-refractivity contribution in [2.45, 2.75) is 39.3 Å². The Balaban J connectivity index is 1.35. The van der Waals surface area contributed by atoms with Crippen molar-refractivity contribution in [3.05, 3.63) is 57.7 Å². The van der Waals surface area contributed by atoms with Crippen LogP contribution < -0.4 is 15.8 Å². The summed E-state index contributed by atoms with van der Waals surface area (Å²) >= 11 is 1.63. The molecule has 1 saturated heterocycles. The number of thiazole rings is 1. The molecule has 0 aromatic carbocycles. The van der Waals surface area contributed by atoms with E-state index >= 15 is 0 Å². The van der Waals surface area contributed by atoms with Gasteiger partial charge in [0, 0.05) is 50.6 Å². The third-order valence-electron chi connectivity index (χ3n) is 5.09. The average molecular weight is 425 g/mol. The normalized spacial score (nSPS) is 16.1. The highest BCUT2D eigenvalue weighted by molar-refractivity contribution is 7.15. The van der Waals surface area contributed by atoms with E-state index in [1.165, 1.54) is 6.07 Å². The number of nitrogens with one attached hydrogen (secondary N) is 1.